The van der Waals surface area contributed by atoms with Crippen molar-refractivity contribution in [3.63, 3.8) is 0 Å². The van der Waals surface area contributed by atoms with Gasteiger partial charge in [-0.25, -0.2) is 9.18 Å². The second-order valence-electron chi connectivity index (χ2n) is 8.13. The van der Waals surface area contributed by atoms with Crippen LogP contribution in [-0.2, 0) is 15.1 Å². The molecule has 1 amide bonds. The highest BCUT2D eigenvalue weighted by atomic mass is 19.1. The molecule has 2 atom stereocenters. The zero-order valence-corrected chi connectivity index (χ0v) is 15.2. The minimum absolute atomic E-state index is 0.267. The molecule has 2 saturated heterocycles. The monoisotopic (exact) mass is 351 g/mol. The molecule has 2 fully saturated rings. The van der Waals surface area contributed by atoms with Crippen LogP contribution in [-0.4, -0.2) is 47.0 Å². The van der Waals surface area contributed by atoms with E-state index >= 15 is 0 Å². The minimum Gasteiger partial charge on any atom is -0.444 e. The molecule has 2 bridgehead atoms. The first-order chi connectivity index (χ1) is 11.6. The van der Waals surface area contributed by atoms with Crippen LogP contribution in [0.15, 0.2) is 18.2 Å². The van der Waals surface area contributed by atoms with Crippen LogP contribution < -0.4 is 0 Å². The fourth-order valence-electron chi connectivity index (χ4n) is 3.96. The number of aryl methyl sites for hydroxylation is 1. The van der Waals surface area contributed by atoms with Crippen molar-refractivity contribution < 1.29 is 23.8 Å². The summed E-state index contributed by atoms with van der Waals surface area (Å²) in [5.74, 6) is -0.320. The zero-order chi connectivity index (χ0) is 18.4. The van der Waals surface area contributed by atoms with Crippen molar-refractivity contribution in [1.29, 1.82) is 0 Å². The van der Waals surface area contributed by atoms with Crippen molar-refractivity contribution in [2.45, 2.75) is 63.8 Å². The molecule has 1 N–H and O–H groups in total. The smallest absolute Gasteiger partial charge is 0.410 e. The highest BCUT2D eigenvalue weighted by molar-refractivity contribution is 5.69. The van der Waals surface area contributed by atoms with Crippen LogP contribution in [0.4, 0.5) is 9.18 Å². The van der Waals surface area contributed by atoms with Crippen molar-refractivity contribution in [1.82, 2.24) is 4.90 Å². The number of carbonyl (C=O) groups is 1. The van der Waals surface area contributed by atoms with Gasteiger partial charge in [0.1, 0.15) is 11.4 Å². The molecule has 2 aliphatic rings. The number of aliphatic hydroxyl groups is 1. The van der Waals surface area contributed by atoms with Crippen molar-refractivity contribution in [2.24, 2.45) is 0 Å². The highest BCUT2D eigenvalue weighted by Gasteiger charge is 2.50. The first-order valence-electron chi connectivity index (χ1n) is 8.67. The predicted octanol–water partition coefficient (Wildman–Crippen LogP) is 3.12. The lowest BCUT2D eigenvalue weighted by Crippen LogP contribution is -2.63. The van der Waals surface area contributed by atoms with E-state index in [1.807, 2.05) is 20.8 Å². The quantitative estimate of drug-likeness (QED) is 0.845. The van der Waals surface area contributed by atoms with E-state index in [0.717, 1.165) is 5.56 Å². The number of fused-ring (bicyclic) bond motifs is 2. The Hall–Kier alpha value is -1.66. The van der Waals surface area contributed by atoms with Crippen molar-refractivity contribution in [2.75, 3.05) is 13.2 Å². The molecule has 138 valence electrons. The number of halogens is 1. The van der Waals surface area contributed by atoms with Crippen LogP contribution in [0, 0.1) is 12.7 Å². The summed E-state index contributed by atoms with van der Waals surface area (Å²) >= 11 is 0. The Kier molecular flexibility index (Phi) is 4.54. The number of nitrogens with zero attached hydrogens (tertiary/aromatic N) is 1. The van der Waals surface area contributed by atoms with Gasteiger partial charge in [-0.15, -0.1) is 0 Å². The summed E-state index contributed by atoms with van der Waals surface area (Å²) in [6.45, 7) is 8.01. The lowest BCUT2D eigenvalue weighted by atomic mass is 9.75. The molecule has 0 spiro atoms. The number of morpholine rings is 1. The number of benzene rings is 1. The van der Waals surface area contributed by atoms with Gasteiger partial charge in [-0.05, 0) is 51.0 Å². The van der Waals surface area contributed by atoms with Crippen LogP contribution in [0.1, 0.15) is 44.7 Å². The number of hydrogen-bond acceptors (Lipinski definition) is 4. The average Bonchev–Trinajstić information content (AvgIpc) is 2.43. The Labute approximate surface area is 147 Å². The third kappa shape index (κ3) is 3.65. The van der Waals surface area contributed by atoms with Gasteiger partial charge in [-0.3, -0.25) is 4.90 Å². The lowest BCUT2D eigenvalue weighted by molar-refractivity contribution is -0.141. The molecule has 0 aromatic heterocycles. The fourth-order valence-corrected chi connectivity index (χ4v) is 3.96. The molecule has 1 aromatic rings. The number of piperidine rings is 1. The van der Waals surface area contributed by atoms with Crippen LogP contribution in [0.2, 0.25) is 0 Å². The van der Waals surface area contributed by atoms with Gasteiger partial charge in [0.15, 0.2) is 0 Å². The molecule has 3 rings (SSSR count). The van der Waals surface area contributed by atoms with E-state index in [9.17, 15) is 14.3 Å². The Bertz CT molecular complexity index is 656. The molecule has 2 heterocycles. The summed E-state index contributed by atoms with van der Waals surface area (Å²) in [6.07, 6.45) is 0.313. The largest absolute Gasteiger partial charge is 0.444 e. The van der Waals surface area contributed by atoms with Gasteiger partial charge in [-0.2, -0.15) is 0 Å². The van der Waals surface area contributed by atoms with E-state index in [0.29, 0.717) is 31.6 Å². The first-order valence-corrected chi connectivity index (χ1v) is 8.67. The fraction of sp³-hybridized carbons (Fsp3) is 0.632. The Morgan fingerprint density at radius 1 is 1.32 bits per heavy atom. The van der Waals surface area contributed by atoms with Crippen molar-refractivity contribution in [3.8, 4) is 0 Å². The molecule has 1 aromatic carbocycles. The Morgan fingerprint density at radius 2 is 1.92 bits per heavy atom. The van der Waals surface area contributed by atoms with Gasteiger partial charge in [0.2, 0.25) is 0 Å². The molecule has 25 heavy (non-hydrogen) atoms. The second kappa shape index (κ2) is 6.25. The summed E-state index contributed by atoms with van der Waals surface area (Å²) in [6, 6.07) is 3.91. The molecule has 0 saturated carbocycles. The molecule has 2 unspecified atom stereocenters. The number of hydrogen-bond donors (Lipinski definition) is 1. The van der Waals surface area contributed by atoms with E-state index in [1.54, 1.807) is 17.9 Å². The van der Waals surface area contributed by atoms with Gasteiger partial charge in [0.25, 0.3) is 0 Å². The van der Waals surface area contributed by atoms with Crippen LogP contribution in [0.5, 0.6) is 0 Å². The third-order valence-electron chi connectivity index (χ3n) is 4.85. The highest BCUT2D eigenvalue weighted by Crippen LogP contribution is 2.42. The average molecular weight is 351 g/mol. The summed E-state index contributed by atoms with van der Waals surface area (Å²) in [5.41, 5.74) is -0.245. The van der Waals surface area contributed by atoms with Crippen LogP contribution in [0.3, 0.4) is 0 Å². The maximum atomic E-state index is 13.4. The van der Waals surface area contributed by atoms with Gasteiger partial charge in [0.05, 0.1) is 30.9 Å². The van der Waals surface area contributed by atoms with Crippen molar-refractivity contribution in [3.05, 3.63) is 35.1 Å². The molecule has 5 nitrogen and oxygen atoms in total. The van der Waals surface area contributed by atoms with E-state index < -0.39 is 11.2 Å². The molecular weight excluding hydrogens is 325 g/mol. The summed E-state index contributed by atoms with van der Waals surface area (Å²) in [7, 11) is 0. The number of rotatable bonds is 1. The normalized spacial score (nSPS) is 29.4. The standard InChI is InChI=1S/C19H26FNO4/c1-12-7-13(20)5-6-16(12)19(23)8-14-10-24-11-15(9-19)21(14)17(22)25-18(2,3)4/h5-7,14-15,23H,8-11H2,1-4H3. The minimum atomic E-state index is -1.10. The topological polar surface area (TPSA) is 59.0 Å². The molecule has 6 heteroatoms. The van der Waals surface area contributed by atoms with E-state index in [-0.39, 0.29) is 24.0 Å². The van der Waals surface area contributed by atoms with Crippen LogP contribution in [0.25, 0.3) is 0 Å². The third-order valence-corrected chi connectivity index (χ3v) is 4.85. The van der Waals surface area contributed by atoms with E-state index in [1.165, 1.54) is 12.1 Å². The molecular formula is C19H26FNO4. The van der Waals surface area contributed by atoms with Crippen molar-refractivity contribution >= 4 is 6.09 Å². The first kappa shape index (κ1) is 18.1. The predicted molar refractivity (Wildman–Crippen MR) is 90.7 cm³/mol. The lowest BCUT2D eigenvalue weighted by Gasteiger charge is -2.51. The second-order valence-corrected chi connectivity index (χ2v) is 8.13. The van der Waals surface area contributed by atoms with Gasteiger partial charge in [-0.1, -0.05) is 6.07 Å². The van der Waals surface area contributed by atoms with Crippen LogP contribution >= 0.6 is 0 Å². The Balaban J connectivity index is 1.87. The molecule has 0 aliphatic carbocycles. The molecule has 0 radical (unpaired) electrons. The zero-order valence-electron chi connectivity index (χ0n) is 15.2. The Morgan fingerprint density at radius 3 is 2.44 bits per heavy atom. The summed E-state index contributed by atoms with van der Waals surface area (Å²) in [5, 5.41) is 11.3. The number of amides is 1. The van der Waals surface area contributed by atoms with E-state index in [4.69, 9.17) is 9.47 Å². The molecule has 2 aliphatic heterocycles. The number of ether oxygens (including phenoxy) is 2. The summed E-state index contributed by atoms with van der Waals surface area (Å²) in [4.78, 5) is 14.3. The maximum absolute atomic E-state index is 13.4. The van der Waals surface area contributed by atoms with Gasteiger partial charge in [0, 0.05) is 12.8 Å². The van der Waals surface area contributed by atoms with E-state index in [2.05, 4.69) is 0 Å². The SMILES string of the molecule is Cc1cc(F)ccc1C1(O)CC2COCC(C1)N2C(=O)OC(C)(C)C. The maximum Gasteiger partial charge on any atom is 0.410 e. The van der Waals surface area contributed by atoms with Gasteiger partial charge >= 0.3 is 6.09 Å². The summed E-state index contributed by atoms with van der Waals surface area (Å²) < 4.78 is 24.6. The number of carbonyl (C=O) groups excluding carboxylic acids is 1. The van der Waals surface area contributed by atoms with Gasteiger partial charge < -0.3 is 14.6 Å².